The maximum absolute atomic E-state index is 5.95. The fraction of sp³-hybridized carbons (Fsp3) is 0.417. The molecular weight excluding hydrogens is 275 g/mol. The first-order valence-electron chi connectivity index (χ1n) is 5.68. The van der Waals surface area contributed by atoms with E-state index in [1.54, 1.807) is 12.1 Å². The fourth-order valence-corrected chi connectivity index (χ4v) is 2.47. The molecule has 1 fully saturated rings. The van der Waals surface area contributed by atoms with Gasteiger partial charge < -0.3 is 10.2 Å². The number of piperidine rings is 1. The van der Waals surface area contributed by atoms with E-state index in [4.69, 9.17) is 35.4 Å². The predicted octanol–water partition coefficient (Wildman–Crippen LogP) is 4.18. The van der Waals surface area contributed by atoms with Crippen LogP contribution in [-0.2, 0) is 0 Å². The molecule has 1 aliphatic heterocycles. The molecule has 0 aliphatic carbocycles. The molecule has 0 radical (unpaired) electrons. The zero-order chi connectivity index (χ0) is 12.3. The Kier molecular flexibility index (Phi) is 4.48. The van der Waals surface area contributed by atoms with Crippen molar-refractivity contribution in [3.05, 3.63) is 28.2 Å². The Morgan fingerprint density at radius 1 is 1.12 bits per heavy atom. The van der Waals surface area contributed by atoms with E-state index in [-0.39, 0.29) is 0 Å². The Labute approximate surface area is 117 Å². The molecule has 0 aromatic heterocycles. The standard InChI is InChI=1S/C12H14Cl2N2S/c13-10-5-4-9(8-11(10)14)15-12(17)16-6-2-1-3-7-16/h4-5,8H,1-3,6-7H2,(H,15,17). The Morgan fingerprint density at radius 3 is 2.47 bits per heavy atom. The molecular formula is C12H14Cl2N2S. The molecule has 0 amide bonds. The van der Waals surface area contributed by atoms with Crippen LogP contribution >= 0.6 is 35.4 Å². The lowest BCUT2D eigenvalue weighted by Gasteiger charge is -2.29. The fourth-order valence-electron chi connectivity index (χ4n) is 1.87. The molecule has 92 valence electrons. The molecule has 1 aromatic carbocycles. The molecule has 2 nitrogen and oxygen atoms in total. The smallest absolute Gasteiger partial charge is 0.173 e. The molecule has 1 aromatic rings. The molecule has 5 heteroatoms. The van der Waals surface area contributed by atoms with E-state index in [2.05, 4.69) is 10.2 Å². The monoisotopic (exact) mass is 288 g/mol. The van der Waals surface area contributed by atoms with E-state index in [0.29, 0.717) is 10.0 Å². The summed E-state index contributed by atoms with van der Waals surface area (Å²) < 4.78 is 0. The lowest BCUT2D eigenvalue weighted by Crippen LogP contribution is -2.38. The number of nitrogens with zero attached hydrogens (tertiary/aromatic N) is 1. The third kappa shape index (κ3) is 3.47. The maximum Gasteiger partial charge on any atom is 0.173 e. The Balaban J connectivity index is 1.99. The average molecular weight is 289 g/mol. The molecule has 0 unspecified atom stereocenters. The van der Waals surface area contributed by atoms with E-state index in [1.165, 1.54) is 19.3 Å². The molecule has 0 spiro atoms. The van der Waals surface area contributed by atoms with Crippen molar-refractivity contribution in [2.45, 2.75) is 19.3 Å². The summed E-state index contributed by atoms with van der Waals surface area (Å²) in [5.41, 5.74) is 0.884. The number of benzene rings is 1. The van der Waals surface area contributed by atoms with Crippen molar-refractivity contribution in [3.63, 3.8) is 0 Å². The second-order valence-corrected chi connectivity index (χ2v) is 5.31. The van der Waals surface area contributed by atoms with Crippen LogP contribution in [0.4, 0.5) is 5.69 Å². The van der Waals surface area contributed by atoms with Crippen LogP contribution in [0.2, 0.25) is 10.0 Å². The van der Waals surface area contributed by atoms with Crippen LogP contribution in [-0.4, -0.2) is 23.1 Å². The summed E-state index contributed by atoms with van der Waals surface area (Å²) in [5.74, 6) is 0. The first kappa shape index (κ1) is 12.9. The molecule has 2 rings (SSSR count). The summed E-state index contributed by atoms with van der Waals surface area (Å²) >= 11 is 17.2. The zero-order valence-corrected chi connectivity index (χ0v) is 11.7. The highest BCUT2D eigenvalue weighted by molar-refractivity contribution is 7.80. The van der Waals surface area contributed by atoms with Crippen LogP contribution < -0.4 is 5.32 Å². The van der Waals surface area contributed by atoms with Crippen LogP contribution in [0.1, 0.15) is 19.3 Å². The van der Waals surface area contributed by atoms with Gasteiger partial charge in [-0.05, 0) is 49.7 Å². The number of likely N-dealkylation sites (tertiary alicyclic amines) is 1. The third-order valence-corrected chi connectivity index (χ3v) is 3.91. The number of hydrogen-bond acceptors (Lipinski definition) is 1. The van der Waals surface area contributed by atoms with Gasteiger partial charge in [0.2, 0.25) is 0 Å². The summed E-state index contributed by atoms with van der Waals surface area (Å²) in [7, 11) is 0. The molecule has 0 bridgehead atoms. The first-order chi connectivity index (χ1) is 8.16. The van der Waals surface area contributed by atoms with Gasteiger partial charge in [-0.25, -0.2) is 0 Å². The summed E-state index contributed by atoms with van der Waals surface area (Å²) in [4.78, 5) is 2.20. The highest BCUT2D eigenvalue weighted by Crippen LogP contribution is 2.25. The number of anilines is 1. The Hall–Kier alpha value is -0.510. The minimum absolute atomic E-state index is 0.540. The minimum Gasteiger partial charge on any atom is -0.349 e. The second-order valence-electron chi connectivity index (χ2n) is 4.11. The topological polar surface area (TPSA) is 15.3 Å². The molecule has 1 N–H and O–H groups in total. The van der Waals surface area contributed by atoms with E-state index < -0.39 is 0 Å². The first-order valence-corrected chi connectivity index (χ1v) is 6.84. The molecule has 1 aliphatic rings. The van der Waals surface area contributed by atoms with Crippen LogP contribution in [0, 0.1) is 0 Å². The van der Waals surface area contributed by atoms with Crippen molar-refractivity contribution in [2.24, 2.45) is 0 Å². The van der Waals surface area contributed by atoms with Gasteiger partial charge in [-0.15, -0.1) is 0 Å². The van der Waals surface area contributed by atoms with Crippen LogP contribution in [0.25, 0.3) is 0 Å². The van der Waals surface area contributed by atoms with Gasteiger partial charge in [-0.3, -0.25) is 0 Å². The van der Waals surface area contributed by atoms with Crippen LogP contribution in [0.3, 0.4) is 0 Å². The summed E-state index contributed by atoms with van der Waals surface area (Å²) in [6.07, 6.45) is 3.72. The van der Waals surface area contributed by atoms with Crippen molar-refractivity contribution in [1.82, 2.24) is 4.90 Å². The normalized spacial score (nSPS) is 15.8. The van der Waals surface area contributed by atoms with E-state index in [0.717, 1.165) is 23.9 Å². The number of halogens is 2. The molecule has 17 heavy (non-hydrogen) atoms. The molecule has 1 saturated heterocycles. The largest absolute Gasteiger partial charge is 0.349 e. The van der Waals surface area contributed by atoms with Crippen molar-refractivity contribution >= 4 is 46.2 Å². The highest BCUT2D eigenvalue weighted by Gasteiger charge is 2.13. The Bertz CT molecular complexity index is 417. The van der Waals surface area contributed by atoms with Gasteiger partial charge in [0.05, 0.1) is 10.0 Å². The third-order valence-electron chi connectivity index (χ3n) is 2.81. The van der Waals surface area contributed by atoms with Crippen LogP contribution in [0.5, 0.6) is 0 Å². The predicted molar refractivity (Wildman–Crippen MR) is 78.1 cm³/mol. The lowest BCUT2D eigenvalue weighted by molar-refractivity contribution is 0.346. The van der Waals surface area contributed by atoms with Gasteiger partial charge in [0.25, 0.3) is 0 Å². The summed E-state index contributed by atoms with van der Waals surface area (Å²) in [6.45, 7) is 2.07. The average Bonchev–Trinajstić information content (AvgIpc) is 2.35. The van der Waals surface area contributed by atoms with E-state index in [1.807, 2.05) is 6.07 Å². The number of nitrogens with one attached hydrogen (secondary N) is 1. The van der Waals surface area contributed by atoms with Crippen molar-refractivity contribution < 1.29 is 0 Å². The lowest BCUT2D eigenvalue weighted by atomic mass is 10.1. The van der Waals surface area contributed by atoms with Crippen molar-refractivity contribution in [2.75, 3.05) is 18.4 Å². The SMILES string of the molecule is S=C(Nc1ccc(Cl)c(Cl)c1)N1CCCCC1. The van der Waals surface area contributed by atoms with Gasteiger partial charge in [-0.2, -0.15) is 0 Å². The van der Waals surface area contributed by atoms with Crippen molar-refractivity contribution in [3.8, 4) is 0 Å². The number of thiocarbonyl (C=S) groups is 1. The summed E-state index contributed by atoms with van der Waals surface area (Å²) in [6, 6.07) is 5.44. The minimum atomic E-state index is 0.540. The van der Waals surface area contributed by atoms with E-state index >= 15 is 0 Å². The van der Waals surface area contributed by atoms with Gasteiger partial charge in [-0.1, -0.05) is 23.2 Å². The number of rotatable bonds is 1. The number of hydrogen-bond donors (Lipinski definition) is 1. The van der Waals surface area contributed by atoms with Gasteiger partial charge in [0.15, 0.2) is 5.11 Å². The van der Waals surface area contributed by atoms with Crippen molar-refractivity contribution in [1.29, 1.82) is 0 Å². The van der Waals surface area contributed by atoms with Crippen LogP contribution in [0.15, 0.2) is 18.2 Å². The van der Waals surface area contributed by atoms with Gasteiger partial charge in [0.1, 0.15) is 0 Å². The van der Waals surface area contributed by atoms with Gasteiger partial charge >= 0.3 is 0 Å². The molecule has 0 saturated carbocycles. The highest BCUT2D eigenvalue weighted by atomic mass is 35.5. The van der Waals surface area contributed by atoms with Gasteiger partial charge in [0, 0.05) is 18.8 Å². The van der Waals surface area contributed by atoms with E-state index in [9.17, 15) is 0 Å². The summed E-state index contributed by atoms with van der Waals surface area (Å²) in [5, 5.41) is 5.06. The zero-order valence-electron chi connectivity index (χ0n) is 9.38. The maximum atomic E-state index is 5.95. The quantitative estimate of drug-likeness (QED) is 0.781. The molecule has 0 atom stereocenters. The molecule has 1 heterocycles. The Morgan fingerprint density at radius 2 is 1.82 bits per heavy atom. The second kappa shape index (κ2) is 5.89.